The lowest BCUT2D eigenvalue weighted by molar-refractivity contribution is 0.0181. The van der Waals surface area contributed by atoms with Gasteiger partial charge in [-0.3, -0.25) is 4.90 Å². The van der Waals surface area contributed by atoms with Crippen molar-refractivity contribution in [2.75, 3.05) is 32.7 Å². The predicted molar refractivity (Wildman–Crippen MR) is 66.5 cm³/mol. The van der Waals surface area contributed by atoms with E-state index in [-0.39, 0.29) is 11.5 Å². The lowest BCUT2D eigenvalue weighted by Crippen LogP contribution is -2.51. The normalized spacial score (nSPS) is 27.0. The zero-order valence-electron chi connectivity index (χ0n) is 10.9. The molecule has 0 radical (unpaired) electrons. The fourth-order valence-electron chi connectivity index (χ4n) is 2.43. The number of nitrogens with zero attached hydrogens (tertiary/aromatic N) is 2. The highest BCUT2D eigenvalue weighted by atomic mass is 16.3. The van der Waals surface area contributed by atoms with E-state index < -0.39 is 0 Å². The maximum absolute atomic E-state index is 9.72. The minimum absolute atomic E-state index is 0.0156. The smallest absolute Gasteiger partial charge is 0.0575 e. The van der Waals surface area contributed by atoms with Crippen molar-refractivity contribution in [2.24, 2.45) is 5.41 Å². The average molecular weight is 226 g/mol. The second kappa shape index (κ2) is 4.63. The van der Waals surface area contributed by atoms with Gasteiger partial charge in [-0.15, -0.1) is 0 Å². The van der Waals surface area contributed by atoms with Crippen LogP contribution >= 0.6 is 0 Å². The Balaban J connectivity index is 1.76. The van der Waals surface area contributed by atoms with Gasteiger partial charge in [0.1, 0.15) is 0 Å². The molecule has 1 unspecified atom stereocenters. The monoisotopic (exact) mass is 226 g/mol. The maximum atomic E-state index is 9.72. The fourth-order valence-corrected chi connectivity index (χ4v) is 2.43. The van der Waals surface area contributed by atoms with Crippen molar-refractivity contribution in [3.8, 4) is 0 Å². The van der Waals surface area contributed by atoms with Gasteiger partial charge in [0, 0.05) is 44.2 Å². The van der Waals surface area contributed by atoms with Gasteiger partial charge in [-0.05, 0) is 19.8 Å². The molecule has 1 heterocycles. The van der Waals surface area contributed by atoms with Crippen molar-refractivity contribution < 1.29 is 5.11 Å². The maximum Gasteiger partial charge on any atom is 0.0575 e. The van der Waals surface area contributed by atoms with Crippen LogP contribution in [-0.4, -0.2) is 59.8 Å². The number of aliphatic hydroxyl groups excluding tert-OH is 1. The summed E-state index contributed by atoms with van der Waals surface area (Å²) in [7, 11) is 0. The van der Waals surface area contributed by atoms with Crippen molar-refractivity contribution in [3.05, 3.63) is 0 Å². The molecule has 2 rings (SSSR count). The van der Waals surface area contributed by atoms with E-state index in [2.05, 4.69) is 23.6 Å². The van der Waals surface area contributed by atoms with Crippen molar-refractivity contribution in [3.63, 3.8) is 0 Å². The molecule has 2 fully saturated rings. The zero-order valence-corrected chi connectivity index (χ0v) is 10.9. The summed E-state index contributed by atoms with van der Waals surface area (Å²) < 4.78 is 0. The van der Waals surface area contributed by atoms with E-state index in [1.54, 1.807) is 0 Å². The molecule has 0 amide bonds. The Labute approximate surface area is 99.4 Å². The predicted octanol–water partition coefficient (Wildman–Crippen LogP) is 1.17. The Morgan fingerprint density at radius 2 is 1.75 bits per heavy atom. The summed E-state index contributed by atoms with van der Waals surface area (Å²) in [6, 6.07) is 0.909. The van der Waals surface area contributed by atoms with Gasteiger partial charge >= 0.3 is 0 Å². The van der Waals surface area contributed by atoms with Crippen LogP contribution in [0.2, 0.25) is 0 Å². The molecule has 1 saturated carbocycles. The number of piperazine rings is 1. The summed E-state index contributed by atoms with van der Waals surface area (Å²) in [6.45, 7) is 12.0. The van der Waals surface area contributed by atoms with Gasteiger partial charge in [0.05, 0.1) is 6.10 Å². The summed E-state index contributed by atoms with van der Waals surface area (Å²) in [6.07, 6.45) is 2.60. The van der Waals surface area contributed by atoms with Crippen LogP contribution < -0.4 is 0 Å². The minimum Gasteiger partial charge on any atom is -0.393 e. The summed E-state index contributed by atoms with van der Waals surface area (Å²) in [5.41, 5.74) is 0.0156. The summed E-state index contributed by atoms with van der Waals surface area (Å²) >= 11 is 0. The Kier molecular flexibility index (Phi) is 3.57. The summed E-state index contributed by atoms with van der Waals surface area (Å²) in [5, 5.41) is 9.72. The quantitative estimate of drug-likeness (QED) is 0.779. The van der Waals surface area contributed by atoms with Gasteiger partial charge in [-0.25, -0.2) is 0 Å². The van der Waals surface area contributed by atoms with E-state index in [4.69, 9.17) is 0 Å². The third-order valence-electron chi connectivity index (χ3n) is 4.23. The standard InChI is InChI=1S/C13H26N2O/c1-11(16)13(2,3)10-14-6-8-15(9-7-14)12-4-5-12/h11-12,16H,4-10H2,1-3H3. The lowest BCUT2D eigenvalue weighted by Gasteiger charge is -2.40. The van der Waals surface area contributed by atoms with Crippen LogP contribution in [0.25, 0.3) is 0 Å². The molecule has 16 heavy (non-hydrogen) atoms. The molecule has 0 aromatic carbocycles. The summed E-state index contributed by atoms with van der Waals surface area (Å²) in [5.74, 6) is 0. The van der Waals surface area contributed by atoms with E-state index in [0.29, 0.717) is 0 Å². The van der Waals surface area contributed by atoms with Crippen LogP contribution in [0, 0.1) is 5.41 Å². The molecule has 3 nitrogen and oxygen atoms in total. The molecular weight excluding hydrogens is 200 g/mol. The molecule has 1 atom stereocenters. The molecular formula is C13H26N2O. The highest BCUT2D eigenvalue weighted by Gasteiger charge is 2.33. The second-order valence-corrected chi connectivity index (χ2v) is 6.21. The van der Waals surface area contributed by atoms with Crippen LogP contribution in [-0.2, 0) is 0 Å². The Morgan fingerprint density at radius 3 is 2.19 bits per heavy atom. The van der Waals surface area contributed by atoms with Crippen molar-refractivity contribution in [2.45, 2.75) is 45.8 Å². The van der Waals surface area contributed by atoms with Crippen LogP contribution in [0.3, 0.4) is 0 Å². The van der Waals surface area contributed by atoms with E-state index in [1.165, 1.54) is 39.0 Å². The molecule has 3 heteroatoms. The fraction of sp³-hybridized carbons (Fsp3) is 1.00. The molecule has 1 aliphatic carbocycles. The molecule has 0 aromatic heterocycles. The molecule has 0 spiro atoms. The number of hydrogen-bond acceptors (Lipinski definition) is 3. The highest BCUT2D eigenvalue weighted by Crippen LogP contribution is 2.28. The van der Waals surface area contributed by atoms with Crippen LogP contribution in [0.5, 0.6) is 0 Å². The molecule has 94 valence electrons. The molecule has 0 aromatic rings. The van der Waals surface area contributed by atoms with Gasteiger partial charge < -0.3 is 10.0 Å². The Morgan fingerprint density at radius 1 is 1.19 bits per heavy atom. The van der Waals surface area contributed by atoms with E-state index in [0.717, 1.165) is 12.6 Å². The van der Waals surface area contributed by atoms with Crippen LogP contribution in [0.15, 0.2) is 0 Å². The van der Waals surface area contributed by atoms with E-state index in [9.17, 15) is 5.11 Å². The molecule has 2 aliphatic rings. The van der Waals surface area contributed by atoms with Gasteiger partial charge in [-0.1, -0.05) is 13.8 Å². The molecule has 0 bridgehead atoms. The van der Waals surface area contributed by atoms with Crippen molar-refractivity contribution in [1.29, 1.82) is 0 Å². The third-order valence-corrected chi connectivity index (χ3v) is 4.23. The van der Waals surface area contributed by atoms with Gasteiger partial charge in [0.2, 0.25) is 0 Å². The van der Waals surface area contributed by atoms with Crippen LogP contribution in [0.1, 0.15) is 33.6 Å². The van der Waals surface area contributed by atoms with Gasteiger partial charge in [0.25, 0.3) is 0 Å². The van der Waals surface area contributed by atoms with E-state index in [1.807, 2.05) is 6.92 Å². The van der Waals surface area contributed by atoms with Gasteiger partial charge in [-0.2, -0.15) is 0 Å². The first-order valence-electron chi connectivity index (χ1n) is 6.63. The first kappa shape index (κ1) is 12.3. The Hall–Kier alpha value is -0.120. The lowest BCUT2D eigenvalue weighted by atomic mass is 9.86. The van der Waals surface area contributed by atoms with Crippen LogP contribution in [0.4, 0.5) is 0 Å². The van der Waals surface area contributed by atoms with Crippen molar-refractivity contribution >= 4 is 0 Å². The first-order valence-corrected chi connectivity index (χ1v) is 6.63. The first-order chi connectivity index (χ1) is 7.49. The zero-order chi connectivity index (χ0) is 11.8. The average Bonchev–Trinajstić information content (AvgIpc) is 3.01. The SMILES string of the molecule is CC(O)C(C)(C)CN1CCN(C2CC2)CC1. The number of rotatable bonds is 4. The number of aliphatic hydroxyl groups is 1. The van der Waals surface area contributed by atoms with Gasteiger partial charge in [0.15, 0.2) is 0 Å². The molecule has 1 aliphatic heterocycles. The molecule has 1 N–H and O–H groups in total. The summed E-state index contributed by atoms with van der Waals surface area (Å²) in [4.78, 5) is 5.14. The van der Waals surface area contributed by atoms with E-state index >= 15 is 0 Å². The molecule has 1 saturated heterocycles. The minimum atomic E-state index is -0.228. The highest BCUT2D eigenvalue weighted by molar-refractivity contribution is 4.89. The van der Waals surface area contributed by atoms with Crippen molar-refractivity contribution in [1.82, 2.24) is 9.80 Å². The topological polar surface area (TPSA) is 26.7 Å². The number of hydrogen-bond donors (Lipinski definition) is 1. The second-order valence-electron chi connectivity index (χ2n) is 6.21. The largest absolute Gasteiger partial charge is 0.393 e. The third kappa shape index (κ3) is 2.96. The Bertz CT molecular complexity index is 228.